The highest BCUT2D eigenvalue weighted by Crippen LogP contribution is 2.25. The second-order valence-corrected chi connectivity index (χ2v) is 6.12. The van der Waals surface area contributed by atoms with Gasteiger partial charge in [0.05, 0.1) is 16.3 Å². The number of anilines is 1. The number of carbonyl (C=O) groups is 1. The first-order chi connectivity index (χ1) is 12.0. The van der Waals surface area contributed by atoms with E-state index in [1.165, 1.54) is 4.57 Å². The standard InChI is InChI=1S/C18H15Cl2N3O2/c1-12(16-5-4-10-25-16)21-17-6-2-3-9-23(17)18(24)22-13-7-8-14(19)15(20)11-13/h2-12H,1H3,(H,22,24). The Kier molecular flexibility index (Phi) is 5.26. The van der Waals surface area contributed by atoms with E-state index in [2.05, 4.69) is 10.3 Å². The third-order valence-corrected chi connectivity index (χ3v) is 4.25. The van der Waals surface area contributed by atoms with E-state index in [4.69, 9.17) is 27.6 Å². The average molecular weight is 376 g/mol. The lowest BCUT2D eigenvalue weighted by atomic mass is 10.3. The minimum absolute atomic E-state index is 0.221. The lowest BCUT2D eigenvalue weighted by Gasteiger charge is -2.10. The molecule has 1 N–H and O–H groups in total. The Bertz CT molecular complexity index is 949. The molecule has 1 amide bonds. The highest BCUT2D eigenvalue weighted by Gasteiger charge is 2.10. The van der Waals surface area contributed by atoms with Gasteiger partial charge >= 0.3 is 6.03 Å². The molecule has 3 rings (SSSR count). The van der Waals surface area contributed by atoms with E-state index in [0.717, 1.165) is 5.76 Å². The quantitative estimate of drug-likeness (QED) is 0.689. The highest BCUT2D eigenvalue weighted by atomic mass is 35.5. The fourth-order valence-corrected chi connectivity index (χ4v) is 2.56. The number of hydrogen-bond acceptors (Lipinski definition) is 3. The van der Waals surface area contributed by atoms with E-state index >= 15 is 0 Å². The van der Waals surface area contributed by atoms with Gasteiger partial charge in [0, 0.05) is 11.9 Å². The zero-order valence-electron chi connectivity index (χ0n) is 13.3. The van der Waals surface area contributed by atoms with Gasteiger partial charge in [-0.25, -0.2) is 4.79 Å². The molecule has 3 aromatic rings. The van der Waals surface area contributed by atoms with Crippen LogP contribution in [0.25, 0.3) is 0 Å². The summed E-state index contributed by atoms with van der Waals surface area (Å²) in [4.78, 5) is 17.1. The van der Waals surface area contributed by atoms with Crippen LogP contribution in [-0.4, -0.2) is 10.6 Å². The molecule has 2 heterocycles. The molecule has 0 aliphatic rings. The highest BCUT2D eigenvalue weighted by molar-refractivity contribution is 6.42. The van der Waals surface area contributed by atoms with Gasteiger partial charge in [-0.05, 0) is 49.4 Å². The van der Waals surface area contributed by atoms with Crippen LogP contribution >= 0.6 is 23.2 Å². The van der Waals surface area contributed by atoms with Crippen molar-refractivity contribution in [3.63, 3.8) is 0 Å². The maximum absolute atomic E-state index is 12.6. The number of halogens is 2. The number of furan rings is 1. The van der Waals surface area contributed by atoms with Crippen LogP contribution in [0.4, 0.5) is 10.5 Å². The number of benzene rings is 1. The number of nitrogens with one attached hydrogen (secondary N) is 1. The van der Waals surface area contributed by atoms with Gasteiger partial charge in [-0.3, -0.25) is 9.56 Å². The molecule has 0 saturated heterocycles. The third kappa shape index (κ3) is 4.13. The van der Waals surface area contributed by atoms with Crippen LogP contribution in [-0.2, 0) is 0 Å². The number of aromatic nitrogens is 1. The number of hydrogen-bond donors (Lipinski definition) is 1. The van der Waals surface area contributed by atoms with E-state index < -0.39 is 0 Å². The number of nitrogens with zero attached hydrogens (tertiary/aromatic N) is 2. The molecule has 7 heteroatoms. The van der Waals surface area contributed by atoms with Gasteiger partial charge < -0.3 is 9.73 Å². The van der Waals surface area contributed by atoms with Crippen molar-refractivity contribution in [3.05, 3.63) is 82.3 Å². The van der Waals surface area contributed by atoms with Crippen LogP contribution in [0.15, 0.2) is 70.4 Å². The molecular weight excluding hydrogens is 361 g/mol. The molecule has 0 bridgehead atoms. The lowest BCUT2D eigenvalue weighted by Crippen LogP contribution is -2.31. The summed E-state index contributed by atoms with van der Waals surface area (Å²) in [6, 6.07) is 13.3. The molecule has 0 saturated carbocycles. The summed E-state index contributed by atoms with van der Waals surface area (Å²) in [6.45, 7) is 1.90. The van der Waals surface area contributed by atoms with Crippen molar-refractivity contribution in [2.75, 3.05) is 5.32 Å². The summed E-state index contributed by atoms with van der Waals surface area (Å²) in [5.74, 6) is 0.722. The van der Waals surface area contributed by atoms with E-state index in [9.17, 15) is 4.79 Å². The molecule has 0 aliphatic carbocycles. The molecular formula is C18H15Cl2N3O2. The van der Waals surface area contributed by atoms with Crippen molar-refractivity contribution < 1.29 is 9.21 Å². The van der Waals surface area contributed by atoms with Crippen LogP contribution in [0.1, 0.15) is 18.7 Å². The summed E-state index contributed by atoms with van der Waals surface area (Å²) in [5.41, 5.74) is 1.05. The Labute approximate surface area is 154 Å². The van der Waals surface area contributed by atoms with Crippen molar-refractivity contribution in [2.45, 2.75) is 13.0 Å². The van der Waals surface area contributed by atoms with Crippen molar-refractivity contribution in [1.82, 2.24) is 4.57 Å². The van der Waals surface area contributed by atoms with Gasteiger partial charge in [0.1, 0.15) is 17.3 Å². The molecule has 0 aliphatic heterocycles. The number of amides is 1. The van der Waals surface area contributed by atoms with E-state index in [1.807, 2.05) is 19.1 Å². The minimum atomic E-state index is -0.357. The predicted molar refractivity (Wildman–Crippen MR) is 98.0 cm³/mol. The summed E-state index contributed by atoms with van der Waals surface area (Å²) in [6.07, 6.45) is 3.23. The molecule has 0 spiro atoms. The zero-order valence-corrected chi connectivity index (χ0v) is 14.8. The van der Waals surface area contributed by atoms with E-state index in [-0.39, 0.29) is 12.1 Å². The summed E-state index contributed by atoms with van der Waals surface area (Å²) in [5, 5.41) is 3.57. The van der Waals surface area contributed by atoms with Crippen molar-refractivity contribution >= 4 is 34.9 Å². The molecule has 5 nitrogen and oxygen atoms in total. The second-order valence-electron chi connectivity index (χ2n) is 5.31. The van der Waals surface area contributed by atoms with E-state index in [0.29, 0.717) is 21.2 Å². The van der Waals surface area contributed by atoms with Gasteiger partial charge in [0.15, 0.2) is 0 Å². The number of carbonyl (C=O) groups excluding carboxylic acids is 1. The maximum Gasteiger partial charge on any atom is 0.331 e. The first-order valence-corrected chi connectivity index (χ1v) is 8.31. The first kappa shape index (κ1) is 17.3. The SMILES string of the molecule is CC(N=c1ccccn1C(=O)Nc1ccc(Cl)c(Cl)c1)c1ccco1. The third-order valence-electron chi connectivity index (χ3n) is 3.51. The molecule has 25 heavy (non-hydrogen) atoms. The fourth-order valence-electron chi connectivity index (χ4n) is 2.26. The molecule has 0 fully saturated rings. The Morgan fingerprint density at radius 2 is 2.00 bits per heavy atom. The number of rotatable bonds is 3. The fraction of sp³-hybridized carbons (Fsp3) is 0.111. The second kappa shape index (κ2) is 7.59. The van der Waals surface area contributed by atoms with Crippen molar-refractivity contribution in [3.8, 4) is 0 Å². The molecule has 1 unspecified atom stereocenters. The van der Waals surface area contributed by atoms with Crippen molar-refractivity contribution in [1.29, 1.82) is 0 Å². The molecule has 0 radical (unpaired) electrons. The van der Waals surface area contributed by atoms with E-state index in [1.54, 1.807) is 48.9 Å². The smallest absolute Gasteiger partial charge is 0.331 e. The van der Waals surface area contributed by atoms with Crippen LogP contribution in [0.5, 0.6) is 0 Å². The summed E-state index contributed by atoms with van der Waals surface area (Å²) < 4.78 is 6.78. The molecule has 1 aromatic carbocycles. The van der Waals surface area contributed by atoms with Crippen LogP contribution < -0.4 is 10.8 Å². The van der Waals surface area contributed by atoms with Crippen molar-refractivity contribution in [2.24, 2.45) is 4.99 Å². The molecule has 2 aromatic heterocycles. The summed E-state index contributed by atoms with van der Waals surface area (Å²) in [7, 11) is 0. The molecule has 128 valence electrons. The zero-order chi connectivity index (χ0) is 17.8. The minimum Gasteiger partial charge on any atom is -0.467 e. The van der Waals surface area contributed by atoms with Gasteiger partial charge in [0.2, 0.25) is 0 Å². The average Bonchev–Trinajstić information content (AvgIpc) is 3.13. The first-order valence-electron chi connectivity index (χ1n) is 7.56. The van der Waals surface area contributed by atoms with Crippen LogP contribution in [0, 0.1) is 0 Å². The van der Waals surface area contributed by atoms with Gasteiger partial charge in [-0.2, -0.15) is 0 Å². The predicted octanol–water partition coefficient (Wildman–Crippen LogP) is 5.13. The number of pyridine rings is 1. The summed E-state index contributed by atoms with van der Waals surface area (Å²) >= 11 is 11.9. The molecule has 1 atom stereocenters. The largest absolute Gasteiger partial charge is 0.467 e. The van der Waals surface area contributed by atoms with Gasteiger partial charge in [0.25, 0.3) is 0 Å². The maximum atomic E-state index is 12.6. The Morgan fingerprint density at radius 1 is 1.16 bits per heavy atom. The van der Waals surface area contributed by atoms with Crippen LogP contribution in [0.3, 0.4) is 0 Å². The Balaban J connectivity index is 1.89. The Hall–Kier alpha value is -2.50. The van der Waals surface area contributed by atoms with Gasteiger partial charge in [-0.15, -0.1) is 0 Å². The topological polar surface area (TPSA) is 59.5 Å². The monoisotopic (exact) mass is 375 g/mol. The van der Waals surface area contributed by atoms with Gasteiger partial charge in [-0.1, -0.05) is 29.3 Å². The van der Waals surface area contributed by atoms with Crippen LogP contribution in [0.2, 0.25) is 10.0 Å². The lowest BCUT2D eigenvalue weighted by molar-refractivity contribution is 0.252. The Morgan fingerprint density at radius 3 is 2.72 bits per heavy atom. The normalized spacial score (nSPS) is 12.8.